The Hall–Kier alpha value is -1.36. The Balaban J connectivity index is 3.68. The van der Waals surface area contributed by atoms with Crippen LogP contribution in [-0.4, -0.2) is 114 Å². The Labute approximate surface area is 260 Å². The van der Waals surface area contributed by atoms with Gasteiger partial charge in [0.15, 0.2) is 6.61 Å². The molecule has 3 amide bonds. The molecule has 1 atom stereocenters. The fraction of sp³-hybridized carbons (Fsp3) is 0.500. The van der Waals surface area contributed by atoms with E-state index < -0.39 is 55.6 Å². The molecule has 0 saturated carbocycles. The van der Waals surface area contributed by atoms with Crippen molar-refractivity contribution >= 4 is 103 Å². The van der Waals surface area contributed by atoms with Gasteiger partial charge < -0.3 is 39.9 Å². The first-order chi connectivity index (χ1) is 17.8. The number of hydrogen-bond acceptors (Lipinski definition) is 10. The zero-order valence-corrected chi connectivity index (χ0v) is 27.2. The van der Waals surface area contributed by atoms with Crippen LogP contribution < -0.4 is 5.32 Å². The molecular weight excluding hydrogens is 847 g/mol. The number of carbonyl (C=O) groups is 5. The average Bonchev–Trinajstić information content (AvgIpc) is 2.84. The third kappa shape index (κ3) is 9.99. The summed E-state index contributed by atoms with van der Waals surface area (Å²) in [6, 6.07) is 0. The minimum Gasteiger partial charge on any atom is -0.464 e. The molecule has 0 saturated heterocycles. The van der Waals surface area contributed by atoms with E-state index in [1.807, 2.05) is 67.8 Å². The SMILES string of the molecule is CC(=O)OCCN(C)C(=O)c1c(I)c(NC(=O)COC(C)=O)c(I)c(C(=O)N(CCO)CC(O)CO)c1I. The van der Waals surface area contributed by atoms with Gasteiger partial charge in [0.1, 0.15) is 6.61 Å². The number of ether oxygens (including phenoxy) is 2. The van der Waals surface area contributed by atoms with Crippen LogP contribution in [0, 0.1) is 10.7 Å². The number of aliphatic hydroxyl groups is 3. The number of esters is 2. The van der Waals surface area contributed by atoms with Gasteiger partial charge in [-0.15, -0.1) is 0 Å². The quantitative estimate of drug-likeness (QED) is 0.160. The summed E-state index contributed by atoms with van der Waals surface area (Å²) in [7, 11) is 1.48. The molecule has 0 fully saturated rings. The number of carbonyl (C=O) groups excluding carboxylic acids is 5. The molecule has 0 heterocycles. The molecule has 0 aliphatic carbocycles. The second kappa shape index (κ2) is 16.7. The van der Waals surface area contributed by atoms with Crippen LogP contribution in [-0.2, 0) is 23.9 Å². The van der Waals surface area contributed by atoms with Crippen molar-refractivity contribution in [3.8, 4) is 0 Å². The molecule has 0 aliphatic heterocycles. The molecular formula is C22H28I3N3O10. The fourth-order valence-corrected chi connectivity index (χ4v) is 7.34. The average molecular weight is 875 g/mol. The van der Waals surface area contributed by atoms with Crippen molar-refractivity contribution in [2.75, 3.05) is 58.4 Å². The molecule has 212 valence electrons. The minimum atomic E-state index is -1.28. The largest absolute Gasteiger partial charge is 0.464 e. The Morgan fingerprint density at radius 3 is 1.95 bits per heavy atom. The van der Waals surface area contributed by atoms with Crippen molar-refractivity contribution in [2.24, 2.45) is 0 Å². The van der Waals surface area contributed by atoms with Gasteiger partial charge in [0.05, 0.1) is 49.8 Å². The summed E-state index contributed by atoms with van der Waals surface area (Å²) in [6.45, 7) is 0.248. The molecule has 0 aliphatic rings. The van der Waals surface area contributed by atoms with Crippen molar-refractivity contribution in [1.29, 1.82) is 0 Å². The summed E-state index contributed by atoms with van der Waals surface area (Å²) in [5.74, 6) is -3.08. The molecule has 4 N–H and O–H groups in total. The predicted molar refractivity (Wildman–Crippen MR) is 160 cm³/mol. The van der Waals surface area contributed by atoms with Crippen LogP contribution in [0.1, 0.15) is 34.6 Å². The molecule has 0 bridgehead atoms. The van der Waals surface area contributed by atoms with E-state index in [1.54, 1.807) is 0 Å². The summed E-state index contributed by atoms with van der Waals surface area (Å²) in [4.78, 5) is 64.2. The highest BCUT2D eigenvalue weighted by Crippen LogP contribution is 2.37. The summed E-state index contributed by atoms with van der Waals surface area (Å²) in [5.41, 5.74) is 0.218. The van der Waals surface area contributed by atoms with Gasteiger partial charge in [-0.25, -0.2) is 0 Å². The highest BCUT2D eigenvalue weighted by Gasteiger charge is 2.32. The number of benzene rings is 1. The lowest BCUT2D eigenvalue weighted by molar-refractivity contribution is -0.145. The highest BCUT2D eigenvalue weighted by molar-refractivity contribution is 14.1. The molecule has 13 nitrogen and oxygen atoms in total. The smallest absolute Gasteiger partial charge is 0.303 e. The van der Waals surface area contributed by atoms with Gasteiger partial charge in [-0.1, -0.05) is 0 Å². The summed E-state index contributed by atoms with van der Waals surface area (Å²) in [6.07, 6.45) is -1.28. The molecule has 0 radical (unpaired) electrons. The van der Waals surface area contributed by atoms with Crippen LogP contribution in [0.15, 0.2) is 0 Å². The highest BCUT2D eigenvalue weighted by atomic mass is 127. The zero-order chi connectivity index (χ0) is 29.2. The second-order valence-corrected chi connectivity index (χ2v) is 11.0. The maximum Gasteiger partial charge on any atom is 0.303 e. The van der Waals surface area contributed by atoms with Gasteiger partial charge in [0.25, 0.3) is 17.7 Å². The van der Waals surface area contributed by atoms with Gasteiger partial charge in [-0.3, -0.25) is 24.0 Å². The monoisotopic (exact) mass is 875 g/mol. The van der Waals surface area contributed by atoms with Crippen LogP contribution >= 0.6 is 67.8 Å². The van der Waals surface area contributed by atoms with Crippen LogP contribution in [0.5, 0.6) is 0 Å². The lowest BCUT2D eigenvalue weighted by atomic mass is 10.1. The first kappa shape index (κ1) is 34.7. The Morgan fingerprint density at radius 2 is 1.45 bits per heavy atom. The first-order valence-corrected chi connectivity index (χ1v) is 14.2. The van der Waals surface area contributed by atoms with Crippen molar-refractivity contribution in [2.45, 2.75) is 20.0 Å². The van der Waals surface area contributed by atoms with E-state index in [0.29, 0.717) is 3.57 Å². The fourth-order valence-electron chi connectivity index (χ4n) is 2.98. The minimum absolute atomic E-state index is 0.0183. The number of rotatable bonds is 13. The first-order valence-electron chi connectivity index (χ1n) is 11.0. The molecule has 1 aromatic carbocycles. The molecule has 0 spiro atoms. The molecule has 1 aromatic rings. The van der Waals surface area contributed by atoms with E-state index in [9.17, 15) is 39.3 Å². The third-order valence-corrected chi connectivity index (χ3v) is 8.03. The number of amides is 3. The Bertz CT molecular complexity index is 1070. The number of nitrogens with zero attached hydrogens (tertiary/aromatic N) is 2. The van der Waals surface area contributed by atoms with Gasteiger partial charge in [-0.05, 0) is 67.8 Å². The summed E-state index contributed by atoms with van der Waals surface area (Å²) < 4.78 is 10.4. The number of likely N-dealkylation sites (N-methyl/N-ethyl adjacent to an activating group) is 1. The summed E-state index contributed by atoms with van der Waals surface area (Å²) in [5, 5.41) is 31.2. The predicted octanol–water partition coefficient (Wildman–Crippen LogP) is 0.425. The van der Waals surface area contributed by atoms with E-state index in [-0.39, 0.29) is 50.2 Å². The van der Waals surface area contributed by atoms with E-state index >= 15 is 0 Å². The van der Waals surface area contributed by atoms with E-state index in [1.165, 1.54) is 18.9 Å². The van der Waals surface area contributed by atoms with Crippen molar-refractivity contribution in [1.82, 2.24) is 9.80 Å². The maximum absolute atomic E-state index is 13.6. The standard InChI is InChI=1S/C22H28I3N3O10/c1-11(31)37-7-5-27(3)21(35)15-17(23)16(22(36)28(4-6-29)8-13(33)9-30)19(25)20(18(15)24)26-14(34)10-38-12(2)32/h13,29-30,33H,4-10H2,1-3H3,(H,26,34). The lowest BCUT2D eigenvalue weighted by Gasteiger charge is -2.27. The Morgan fingerprint density at radius 1 is 0.895 bits per heavy atom. The molecule has 1 unspecified atom stereocenters. The van der Waals surface area contributed by atoms with Gasteiger partial charge in [-0.2, -0.15) is 0 Å². The number of nitrogens with one attached hydrogen (secondary N) is 1. The summed E-state index contributed by atoms with van der Waals surface area (Å²) >= 11 is 5.54. The van der Waals surface area contributed by atoms with Crippen molar-refractivity contribution in [3.05, 3.63) is 21.8 Å². The lowest BCUT2D eigenvalue weighted by Crippen LogP contribution is -2.41. The van der Waals surface area contributed by atoms with Crippen molar-refractivity contribution in [3.63, 3.8) is 0 Å². The molecule has 0 aromatic heterocycles. The van der Waals surface area contributed by atoms with Crippen LogP contribution in [0.3, 0.4) is 0 Å². The third-order valence-electron chi connectivity index (χ3n) is 4.79. The maximum atomic E-state index is 13.6. The van der Waals surface area contributed by atoms with E-state index in [2.05, 4.69) is 5.32 Å². The van der Waals surface area contributed by atoms with E-state index in [0.717, 1.165) is 11.8 Å². The van der Waals surface area contributed by atoms with Crippen LogP contribution in [0.25, 0.3) is 0 Å². The topological polar surface area (TPSA) is 183 Å². The van der Waals surface area contributed by atoms with Crippen molar-refractivity contribution < 1.29 is 48.8 Å². The number of halogens is 3. The number of anilines is 1. The molecule has 38 heavy (non-hydrogen) atoms. The number of hydrogen-bond donors (Lipinski definition) is 4. The normalized spacial score (nSPS) is 11.4. The number of aliphatic hydroxyl groups excluding tert-OH is 3. The zero-order valence-electron chi connectivity index (χ0n) is 20.8. The van der Waals surface area contributed by atoms with Gasteiger partial charge in [0.2, 0.25) is 0 Å². The van der Waals surface area contributed by atoms with Gasteiger partial charge >= 0.3 is 11.9 Å². The van der Waals surface area contributed by atoms with Crippen LogP contribution in [0.4, 0.5) is 5.69 Å². The van der Waals surface area contributed by atoms with Gasteiger partial charge in [0, 0.05) is 37.6 Å². The molecule has 1 rings (SSSR count). The van der Waals surface area contributed by atoms with E-state index in [4.69, 9.17) is 9.47 Å². The second-order valence-electron chi connectivity index (χ2n) is 7.77. The Kier molecular flexibility index (Phi) is 15.2. The van der Waals surface area contributed by atoms with Crippen LogP contribution in [0.2, 0.25) is 0 Å². The molecule has 16 heteroatoms.